The van der Waals surface area contributed by atoms with Crippen LogP contribution in [0.1, 0.15) is 85.4 Å². The Kier molecular flexibility index (Phi) is 13.0. The lowest BCUT2D eigenvalue weighted by atomic mass is 9.76. The predicted octanol–water partition coefficient (Wildman–Crippen LogP) is 7.50. The molecule has 2 fully saturated rings. The molecule has 64 heavy (non-hydrogen) atoms. The van der Waals surface area contributed by atoms with E-state index < -0.39 is 22.3 Å². The van der Waals surface area contributed by atoms with Crippen LogP contribution in [0.4, 0.5) is 17.1 Å². The summed E-state index contributed by atoms with van der Waals surface area (Å²) in [6.07, 6.45) is 15.4. The van der Waals surface area contributed by atoms with Crippen LogP contribution in [0.25, 0.3) is 6.08 Å². The molecule has 4 aliphatic heterocycles. The topological polar surface area (TPSA) is 141 Å². The van der Waals surface area contributed by atoms with E-state index in [0.29, 0.717) is 37.4 Å². The van der Waals surface area contributed by atoms with Gasteiger partial charge in [0.25, 0.3) is 11.8 Å². The lowest BCUT2D eigenvalue weighted by Crippen LogP contribution is -2.51. The Morgan fingerprint density at radius 2 is 1.25 bits per heavy atom. The Morgan fingerprint density at radius 1 is 0.719 bits per heavy atom. The standard InChI is InChI=1S/C50H58N6O6S2/c1-33(57)53-39-13-7-35(8-14-39)19-21-49-47(3,4)41-31-37(11-17-43(41)55(49)25-27-61-49)45(59)51-23-29-63-64-30-24-52-46(60)38-12-18-44-42(32-38)48(5,6)50(56(44)26-28-62-50)22-20-36-9-15-40(16-10-36)54-34(2)58/h7-15,17-22,31-32,40H,16,23-30H2,1-6H3,(H,51,59)(H,52,60)(H,53,57)(H,54,58)/b21-19+,22-20+. The van der Waals surface area contributed by atoms with E-state index in [1.165, 1.54) is 13.8 Å². The molecule has 3 aromatic carbocycles. The average molecular weight is 903 g/mol. The molecule has 4 N–H and O–H groups in total. The molecule has 0 bridgehead atoms. The molecule has 0 radical (unpaired) electrons. The fourth-order valence-corrected chi connectivity index (χ4v) is 11.6. The van der Waals surface area contributed by atoms with Crippen LogP contribution >= 0.6 is 21.6 Å². The summed E-state index contributed by atoms with van der Waals surface area (Å²) in [4.78, 5) is 54.3. The highest BCUT2D eigenvalue weighted by atomic mass is 33.1. The van der Waals surface area contributed by atoms with E-state index in [1.54, 1.807) is 21.6 Å². The van der Waals surface area contributed by atoms with Gasteiger partial charge in [0.05, 0.1) is 19.3 Å². The van der Waals surface area contributed by atoms with E-state index in [-0.39, 0.29) is 29.7 Å². The molecular weight excluding hydrogens is 845 g/mol. The molecule has 4 amide bonds. The van der Waals surface area contributed by atoms with Gasteiger partial charge in [-0.2, -0.15) is 0 Å². The minimum absolute atomic E-state index is 0.00676. The molecule has 2 saturated heterocycles. The third-order valence-corrected chi connectivity index (χ3v) is 15.5. The van der Waals surface area contributed by atoms with Gasteiger partial charge in [-0.25, -0.2) is 0 Å². The Hall–Kier alpha value is -5.28. The van der Waals surface area contributed by atoms with Crippen molar-refractivity contribution >= 4 is 68.4 Å². The molecule has 4 heterocycles. The minimum Gasteiger partial charge on any atom is -0.351 e. The van der Waals surface area contributed by atoms with E-state index in [0.717, 1.165) is 70.3 Å². The molecule has 0 spiro atoms. The molecule has 0 aromatic heterocycles. The second kappa shape index (κ2) is 18.3. The molecule has 3 unspecified atom stereocenters. The summed E-state index contributed by atoms with van der Waals surface area (Å²) in [5, 5.41) is 11.9. The zero-order chi connectivity index (χ0) is 45.3. The summed E-state index contributed by atoms with van der Waals surface area (Å²) < 4.78 is 13.1. The number of nitrogens with zero attached hydrogens (tertiary/aromatic N) is 2. The Balaban J connectivity index is 0.792. The van der Waals surface area contributed by atoms with Crippen LogP contribution in [0.2, 0.25) is 0 Å². The van der Waals surface area contributed by atoms with Crippen LogP contribution in [0.3, 0.4) is 0 Å². The van der Waals surface area contributed by atoms with Crippen LogP contribution in [0, 0.1) is 0 Å². The van der Waals surface area contributed by atoms with Gasteiger partial charge in [-0.15, -0.1) is 0 Å². The Morgan fingerprint density at radius 3 is 1.73 bits per heavy atom. The van der Waals surface area contributed by atoms with Crippen molar-refractivity contribution in [3.63, 3.8) is 0 Å². The van der Waals surface area contributed by atoms with Gasteiger partial charge in [-0.3, -0.25) is 19.2 Å². The van der Waals surface area contributed by atoms with E-state index >= 15 is 0 Å². The first-order valence-corrected chi connectivity index (χ1v) is 24.5. The van der Waals surface area contributed by atoms with Crippen molar-refractivity contribution in [2.24, 2.45) is 0 Å². The summed E-state index contributed by atoms with van der Waals surface area (Å²) in [5.74, 6) is 1.08. The minimum atomic E-state index is -0.700. The summed E-state index contributed by atoms with van der Waals surface area (Å²) in [6, 6.07) is 19.6. The number of rotatable bonds is 15. The van der Waals surface area contributed by atoms with Crippen molar-refractivity contribution in [3.8, 4) is 0 Å². The number of fused-ring (bicyclic) bond motifs is 6. The highest BCUT2D eigenvalue weighted by molar-refractivity contribution is 8.76. The number of anilines is 3. The van der Waals surface area contributed by atoms with Crippen molar-refractivity contribution in [1.82, 2.24) is 16.0 Å². The molecular formula is C50H58N6O6S2. The predicted molar refractivity (Wildman–Crippen MR) is 259 cm³/mol. The molecule has 0 saturated carbocycles. The molecule has 12 nitrogen and oxygen atoms in total. The maximum Gasteiger partial charge on any atom is 0.251 e. The second-order valence-corrected chi connectivity index (χ2v) is 20.5. The third-order valence-electron chi connectivity index (χ3n) is 13.1. The Bertz CT molecular complexity index is 2450. The average Bonchev–Trinajstić information content (AvgIpc) is 3.99. The van der Waals surface area contributed by atoms with Crippen LogP contribution < -0.4 is 31.1 Å². The van der Waals surface area contributed by atoms with Gasteiger partial charge in [-0.1, -0.05) is 91.8 Å². The maximum atomic E-state index is 13.4. The van der Waals surface area contributed by atoms with E-state index in [4.69, 9.17) is 9.47 Å². The second-order valence-electron chi connectivity index (χ2n) is 17.8. The molecule has 1 aliphatic carbocycles. The molecule has 14 heteroatoms. The van der Waals surface area contributed by atoms with E-state index in [9.17, 15) is 19.2 Å². The number of ether oxygens (including phenoxy) is 2. The van der Waals surface area contributed by atoms with Crippen molar-refractivity contribution in [2.45, 2.75) is 76.3 Å². The first-order valence-electron chi connectivity index (χ1n) is 22.0. The summed E-state index contributed by atoms with van der Waals surface area (Å²) in [6.45, 7) is 15.5. The maximum absolute atomic E-state index is 13.4. The fourth-order valence-electron chi connectivity index (χ4n) is 9.78. The summed E-state index contributed by atoms with van der Waals surface area (Å²) in [7, 11) is 3.34. The third kappa shape index (κ3) is 8.53. The molecule has 3 atom stereocenters. The van der Waals surface area contributed by atoms with Gasteiger partial charge in [0.15, 0.2) is 11.4 Å². The van der Waals surface area contributed by atoms with Gasteiger partial charge in [0.1, 0.15) is 0 Å². The Labute approximate surface area is 384 Å². The van der Waals surface area contributed by atoms with Crippen molar-refractivity contribution in [2.75, 3.05) is 66.0 Å². The first kappa shape index (κ1) is 45.3. The number of nitrogens with one attached hydrogen (secondary N) is 4. The van der Waals surface area contributed by atoms with Gasteiger partial charge in [0, 0.05) is 90.6 Å². The number of hydrogen-bond acceptors (Lipinski definition) is 10. The van der Waals surface area contributed by atoms with Crippen molar-refractivity contribution in [1.29, 1.82) is 0 Å². The van der Waals surface area contributed by atoms with Crippen LogP contribution in [0.15, 0.2) is 103 Å². The number of benzene rings is 3. The highest BCUT2D eigenvalue weighted by Crippen LogP contribution is 2.56. The fraction of sp³-hybridized carbons (Fsp3) is 0.400. The van der Waals surface area contributed by atoms with Crippen molar-refractivity contribution < 1.29 is 28.7 Å². The summed E-state index contributed by atoms with van der Waals surface area (Å²) >= 11 is 0. The SMILES string of the molecule is CC(=O)Nc1ccc(/C=C/C23OCCN2c2ccc(C(=O)NCCSSCCNC(=O)c4ccc5c(c4)C(C)(C)C4(/C=C/C6=CCC(NC(C)=O)C=C6)OCCN54)cc2C3(C)C)cc1. The van der Waals surface area contributed by atoms with E-state index in [1.807, 2.05) is 72.8 Å². The van der Waals surface area contributed by atoms with Gasteiger partial charge in [-0.05, 0) is 89.4 Å². The quantitative estimate of drug-likeness (QED) is 0.0896. The monoisotopic (exact) mass is 902 g/mol. The van der Waals surface area contributed by atoms with Gasteiger partial charge < -0.3 is 40.5 Å². The lowest BCUT2D eigenvalue weighted by Gasteiger charge is -2.40. The van der Waals surface area contributed by atoms with E-state index in [2.05, 4.69) is 89.1 Å². The zero-order valence-electron chi connectivity index (χ0n) is 37.4. The zero-order valence-corrected chi connectivity index (χ0v) is 39.0. The largest absolute Gasteiger partial charge is 0.351 e. The number of carbonyl (C=O) groups excluding carboxylic acids is 4. The molecule has 3 aromatic rings. The highest BCUT2D eigenvalue weighted by Gasteiger charge is 2.60. The number of amides is 4. The van der Waals surface area contributed by atoms with Crippen LogP contribution in [-0.2, 0) is 29.9 Å². The number of hydrogen-bond donors (Lipinski definition) is 4. The molecule has 5 aliphatic rings. The van der Waals surface area contributed by atoms with Crippen molar-refractivity contribution in [3.05, 3.63) is 131 Å². The normalized spacial score (nSPS) is 23.4. The number of allylic oxidation sites excluding steroid dienone is 3. The van der Waals surface area contributed by atoms with Crippen LogP contribution in [-0.4, -0.2) is 92.0 Å². The first-order chi connectivity index (χ1) is 30.6. The van der Waals surface area contributed by atoms with Gasteiger partial charge in [0.2, 0.25) is 11.8 Å². The van der Waals surface area contributed by atoms with Gasteiger partial charge >= 0.3 is 0 Å². The lowest BCUT2D eigenvalue weighted by molar-refractivity contribution is -0.119. The molecule has 336 valence electrons. The smallest absolute Gasteiger partial charge is 0.251 e. The number of carbonyl (C=O) groups is 4. The van der Waals surface area contributed by atoms with Crippen LogP contribution in [0.5, 0.6) is 0 Å². The molecule has 8 rings (SSSR count). The summed E-state index contributed by atoms with van der Waals surface area (Å²) in [5.41, 5.74) is 6.09.